The molecule has 2 aliphatic rings. The van der Waals surface area contributed by atoms with Crippen molar-refractivity contribution in [3.63, 3.8) is 0 Å². The summed E-state index contributed by atoms with van der Waals surface area (Å²) in [6, 6.07) is 8.85. The second kappa shape index (κ2) is 8.54. The van der Waals surface area contributed by atoms with E-state index in [1.807, 2.05) is 0 Å². The summed E-state index contributed by atoms with van der Waals surface area (Å²) in [5, 5.41) is 6.72. The van der Waals surface area contributed by atoms with Gasteiger partial charge in [0.1, 0.15) is 0 Å². The van der Waals surface area contributed by atoms with Crippen LogP contribution in [0.15, 0.2) is 24.3 Å². The monoisotopic (exact) mass is 322 g/mol. The minimum atomic E-state index is 0. The van der Waals surface area contributed by atoms with E-state index in [2.05, 4.69) is 34.9 Å². The van der Waals surface area contributed by atoms with Gasteiger partial charge >= 0.3 is 0 Å². The first-order chi connectivity index (χ1) is 10.3. The number of carbonyl (C=O) groups excluding carboxylic acids is 1. The molecule has 1 amide bonds. The molecule has 0 saturated heterocycles. The van der Waals surface area contributed by atoms with Crippen LogP contribution in [0.1, 0.15) is 55.7 Å². The van der Waals surface area contributed by atoms with E-state index in [-0.39, 0.29) is 30.3 Å². The van der Waals surface area contributed by atoms with E-state index < -0.39 is 0 Å². The standard InChI is InChI=1S/C18H26N2O.ClH/c21-18(15-8-3-1-2-4-9-15)20-13-17-16-10-6-5-7-14(16)11-12-19-17;/h5-7,10,15,17,19H,1-4,8-9,11-13H2,(H,20,21);1H. The van der Waals surface area contributed by atoms with Crippen LogP contribution in [-0.2, 0) is 11.2 Å². The molecule has 0 bridgehead atoms. The molecule has 1 unspecified atom stereocenters. The molecule has 0 aromatic heterocycles. The van der Waals surface area contributed by atoms with E-state index in [0.29, 0.717) is 6.54 Å². The normalized spacial score (nSPS) is 22.1. The molecule has 1 aliphatic heterocycles. The highest BCUT2D eigenvalue weighted by molar-refractivity contribution is 5.85. The summed E-state index contributed by atoms with van der Waals surface area (Å²) in [6.07, 6.45) is 8.23. The Balaban J connectivity index is 0.00000176. The molecule has 1 aromatic carbocycles. The summed E-state index contributed by atoms with van der Waals surface area (Å²) >= 11 is 0. The Morgan fingerprint density at radius 3 is 2.64 bits per heavy atom. The highest BCUT2D eigenvalue weighted by Crippen LogP contribution is 2.24. The predicted molar refractivity (Wildman–Crippen MR) is 92.3 cm³/mol. The summed E-state index contributed by atoms with van der Waals surface area (Å²) in [5.74, 6) is 0.507. The van der Waals surface area contributed by atoms with Crippen molar-refractivity contribution in [1.82, 2.24) is 10.6 Å². The zero-order chi connectivity index (χ0) is 14.5. The third-order valence-electron chi connectivity index (χ3n) is 4.92. The molecule has 0 radical (unpaired) electrons. The Morgan fingerprint density at radius 1 is 1.14 bits per heavy atom. The van der Waals surface area contributed by atoms with E-state index >= 15 is 0 Å². The van der Waals surface area contributed by atoms with Crippen molar-refractivity contribution in [3.8, 4) is 0 Å². The highest BCUT2D eigenvalue weighted by atomic mass is 35.5. The van der Waals surface area contributed by atoms with Crippen LogP contribution in [0.3, 0.4) is 0 Å². The number of rotatable bonds is 3. The topological polar surface area (TPSA) is 41.1 Å². The van der Waals surface area contributed by atoms with Gasteiger partial charge in [-0.05, 0) is 36.9 Å². The molecular weight excluding hydrogens is 296 g/mol. The zero-order valence-corrected chi connectivity index (χ0v) is 14.0. The van der Waals surface area contributed by atoms with Crippen molar-refractivity contribution >= 4 is 18.3 Å². The maximum atomic E-state index is 12.4. The third kappa shape index (κ3) is 4.23. The Kier molecular flexibility index (Phi) is 6.71. The van der Waals surface area contributed by atoms with Crippen molar-refractivity contribution < 1.29 is 4.79 Å². The smallest absolute Gasteiger partial charge is 0.223 e. The summed E-state index contributed by atoms with van der Waals surface area (Å²) in [4.78, 5) is 12.4. The van der Waals surface area contributed by atoms with Crippen LogP contribution < -0.4 is 10.6 Å². The van der Waals surface area contributed by atoms with Gasteiger partial charge in [-0.1, -0.05) is 49.9 Å². The number of halogens is 1. The Bertz CT molecular complexity index is 484. The van der Waals surface area contributed by atoms with Gasteiger partial charge in [-0.3, -0.25) is 4.79 Å². The quantitative estimate of drug-likeness (QED) is 0.838. The molecule has 1 fully saturated rings. The molecule has 4 heteroatoms. The van der Waals surface area contributed by atoms with Gasteiger partial charge in [0.05, 0.1) is 0 Å². The molecule has 1 aliphatic carbocycles. The Hall–Kier alpha value is -1.06. The summed E-state index contributed by atoms with van der Waals surface area (Å²) < 4.78 is 0. The van der Waals surface area contributed by atoms with Gasteiger partial charge in [0.2, 0.25) is 5.91 Å². The van der Waals surface area contributed by atoms with Gasteiger partial charge in [0.25, 0.3) is 0 Å². The highest BCUT2D eigenvalue weighted by Gasteiger charge is 2.23. The fraction of sp³-hybridized carbons (Fsp3) is 0.611. The van der Waals surface area contributed by atoms with Crippen molar-refractivity contribution in [2.75, 3.05) is 13.1 Å². The molecule has 3 nitrogen and oxygen atoms in total. The molecule has 2 N–H and O–H groups in total. The number of amides is 1. The predicted octanol–water partition coefficient (Wildman–Crippen LogP) is 3.38. The minimum Gasteiger partial charge on any atom is -0.354 e. The lowest BCUT2D eigenvalue weighted by Gasteiger charge is -2.27. The minimum absolute atomic E-state index is 0. The average Bonchev–Trinajstić information content (AvgIpc) is 2.82. The number of nitrogens with one attached hydrogen (secondary N) is 2. The van der Waals surface area contributed by atoms with Gasteiger partial charge in [-0.2, -0.15) is 0 Å². The first-order valence-electron chi connectivity index (χ1n) is 8.43. The maximum Gasteiger partial charge on any atom is 0.223 e. The van der Waals surface area contributed by atoms with Crippen LogP contribution in [0.25, 0.3) is 0 Å². The van der Waals surface area contributed by atoms with Crippen molar-refractivity contribution in [3.05, 3.63) is 35.4 Å². The van der Waals surface area contributed by atoms with Crippen LogP contribution in [-0.4, -0.2) is 19.0 Å². The largest absolute Gasteiger partial charge is 0.354 e. The van der Waals surface area contributed by atoms with Crippen molar-refractivity contribution in [1.29, 1.82) is 0 Å². The third-order valence-corrected chi connectivity index (χ3v) is 4.92. The Morgan fingerprint density at radius 2 is 1.86 bits per heavy atom. The molecule has 3 rings (SSSR count). The summed E-state index contributed by atoms with van der Waals surface area (Å²) in [5.41, 5.74) is 2.77. The molecule has 1 saturated carbocycles. The second-order valence-electron chi connectivity index (χ2n) is 6.39. The van der Waals surface area contributed by atoms with Gasteiger partial charge < -0.3 is 10.6 Å². The Labute approximate surface area is 139 Å². The molecule has 22 heavy (non-hydrogen) atoms. The van der Waals surface area contributed by atoms with E-state index in [1.165, 1.54) is 36.8 Å². The van der Waals surface area contributed by atoms with Gasteiger partial charge in [0, 0.05) is 18.5 Å². The van der Waals surface area contributed by atoms with Crippen molar-refractivity contribution in [2.24, 2.45) is 5.92 Å². The molecule has 1 heterocycles. The molecular formula is C18H27ClN2O. The molecule has 122 valence electrons. The number of carbonyl (C=O) groups is 1. The maximum absolute atomic E-state index is 12.4. The lowest BCUT2D eigenvalue weighted by molar-refractivity contribution is -0.125. The number of fused-ring (bicyclic) bond motifs is 1. The van der Waals surface area contributed by atoms with E-state index in [9.17, 15) is 4.79 Å². The SMILES string of the molecule is Cl.O=C(NCC1NCCc2ccccc21)C1CCCCCC1. The first-order valence-corrected chi connectivity index (χ1v) is 8.43. The van der Waals surface area contributed by atoms with Gasteiger partial charge in [-0.15, -0.1) is 12.4 Å². The van der Waals surface area contributed by atoms with Crippen LogP contribution in [0.5, 0.6) is 0 Å². The lowest BCUT2D eigenvalue weighted by Crippen LogP contribution is -2.40. The lowest BCUT2D eigenvalue weighted by atomic mass is 9.94. The molecule has 1 aromatic rings. The molecule has 1 atom stereocenters. The fourth-order valence-electron chi connectivity index (χ4n) is 3.66. The summed E-state index contributed by atoms with van der Waals surface area (Å²) in [6.45, 7) is 1.72. The van der Waals surface area contributed by atoms with E-state index in [4.69, 9.17) is 0 Å². The number of benzene rings is 1. The van der Waals surface area contributed by atoms with Crippen LogP contribution >= 0.6 is 12.4 Å². The van der Waals surface area contributed by atoms with Gasteiger partial charge in [0.15, 0.2) is 0 Å². The van der Waals surface area contributed by atoms with E-state index in [0.717, 1.165) is 25.8 Å². The summed E-state index contributed by atoms with van der Waals surface area (Å²) in [7, 11) is 0. The van der Waals surface area contributed by atoms with Crippen LogP contribution in [0.2, 0.25) is 0 Å². The second-order valence-corrected chi connectivity index (χ2v) is 6.39. The van der Waals surface area contributed by atoms with E-state index in [1.54, 1.807) is 0 Å². The zero-order valence-electron chi connectivity index (χ0n) is 13.1. The van der Waals surface area contributed by atoms with Gasteiger partial charge in [-0.25, -0.2) is 0 Å². The average molecular weight is 323 g/mol. The van der Waals surface area contributed by atoms with Crippen LogP contribution in [0, 0.1) is 5.92 Å². The van der Waals surface area contributed by atoms with Crippen molar-refractivity contribution in [2.45, 2.75) is 51.0 Å². The fourth-order valence-corrected chi connectivity index (χ4v) is 3.66. The first kappa shape index (κ1) is 17.3. The van der Waals surface area contributed by atoms with Crippen LogP contribution in [0.4, 0.5) is 0 Å². The number of hydrogen-bond acceptors (Lipinski definition) is 2. The number of hydrogen-bond donors (Lipinski definition) is 2. The molecule has 0 spiro atoms.